The summed E-state index contributed by atoms with van der Waals surface area (Å²) in [4.78, 5) is 43.5. The van der Waals surface area contributed by atoms with Gasteiger partial charge in [-0.1, -0.05) is 159 Å². The first-order valence-electron chi connectivity index (χ1n) is 33.0. The first-order chi connectivity index (χ1) is 39.0. The number of carbonyl (C=O) groups is 3. The second-order valence-electron chi connectivity index (χ2n) is 27.4. The van der Waals surface area contributed by atoms with Gasteiger partial charge in [-0.2, -0.15) is 0 Å². The third-order valence-electron chi connectivity index (χ3n) is 18.9. The maximum atomic E-state index is 14.3. The number of nitrogens with one attached hydrogen (secondary N) is 1. The third kappa shape index (κ3) is 21.1. The highest BCUT2D eigenvalue weighted by atomic mass is 16.7. The topological polar surface area (TPSA) is 131 Å². The van der Waals surface area contributed by atoms with E-state index in [1.165, 1.54) is 77.0 Å². The molecule has 12 nitrogen and oxygen atoms in total. The molecule has 0 radical (unpaired) electrons. The van der Waals surface area contributed by atoms with E-state index in [0.717, 1.165) is 140 Å². The Morgan fingerprint density at radius 2 is 0.988 bits per heavy atom. The van der Waals surface area contributed by atoms with Crippen molar-refractivity contribution in [2.75, 3.05) is 46.0 Å². The van der Waals surface area contributed by atoms with Gasteiger partial charge < -0.3 is 43.4 Å². The van der Waals surface area contributed by atoms with E-state index in [1.807, 2.05) is 20.8 Å². The molecule has 5 rings (SSSR count). The normalized spacial score (nSPS) is 20.6. The quantitative estimate of drug-likeness (QED) is 0.0427. The van der Waals surface area contributed by atoms with Crippen LogP contribution in [0.2, 0.25) is 0 Å². The van der Waals surface area contributed by atoms with E-state index in [9.17, 15) is 14.4 Å². The van der Waals surface area contributed by atoms with Gasteiger partial charge in [-0.3, -0.25) is 0 Å². The molecule has 0 fully saturated rings. The lowest BCUT2D eigenvalue weighted by molar-refractivity contribution is 0.0270. The summed E-state index contributed by atoms with van der Waals surface area (Å²) in [6.07, 6.45) is 23.1. The van der Waals surface area contributed by atoms with Gasteiger partial charge in [-0.15, -0.1) is 0 Å². The van der Waals surface area contributed by atoms with E-state index in [0.29, 0.717) is 53.7 Å². The largest absolute Gasteiger partial charge is 0.513 e. The fourth-order valence-corrected chi connectivity index (χ4v) is 12.9. The zero-order chi connectivity index (χ0) is 60.1. The Morgan fingerprint density at radius 1 is 0.573 bits per heavy atom. The lowest BCUT2D eigenvalue weighted by Crippen LogP contribution is -2.38. The summed E-state index contributed by atoms with van der Waals surface area (Å²) in [6.45, 7) is 38.2. The Kier molecular flexibility index (Phi) is 28.0. The van der Waals surface area contributed by atoms with Crippen molar-refractivity contribution in [2.45, 2.75) is 270 Å². The van der Waals surface area contributed by atoms with Crippen molar-refractivity contribution in [3.63, 3.8) is 0 Å². The lowest BCUT2D eigenvalue weighted by atomic mass is 9.78. The van der Waals surface area contributed by atoms with Crippen LogP contribution in [-0.4, -0.2) is 80.5 Å². The Hall–Kier alpha value is -4.19. The van der Waals surface area contributed by atoms with Gasteiger partial charge in [0.1, 0.15) is 47.4 Å². The summed E-state index contributed by atoms with van der Waals surface area (Å²) in [6, 6.07) is 0. The first-order valence-corrected chi connectivity index (χ1v) is 33.0. The molecule has 0 spiro atoms. The van der Waals surface area contributed by atoms with E-state index in [1.54, 1.807) is 0 Å². The van der Waals surface area contributed by atoms with Crippen LogP contribution < -0.4 is 24.3 Å². The highest BCUT2D eigenvalue weighted by molar-refractivity contribution is 5.91. The maximum absolute atomic E-state index is 14.3. The van der Waals surface area contributed by atoms with Gasteiger partial charge in [0.05, 0.1) is 6.61 Å². The van der Waals surface area contributed by atoms with Crippen molar-refractivity contribution in [3.8, 4) is 34.1 Å². The zero-order valence-corrected chi connectivity index (χ0v) is 54.8. The van der Waals surface area contributed by atoms with Gasteiger partial charge in [0.15, 0.2) is 0 Å². The molecule has 0 aromatic heterocycles. The van der Waals surface area contributed by atoms with Gasteiger partial charge in [-0.25, -0.2) is 14.4 Å². The molecule has 3 aliphatic rings. The number of nitrogens with zero attached hydrogens (tertiary/aromatic N) is 1. The fourth-order valence-electron chi connectivity index (χ4n) is 12.9. The highest BCUT2D eigenvalue weighted by Gasteiger charge is 2.42. The van der Waals surface area contributed by atoms with Gasteiger partial charge in [0, 0.05) is 41.3 Å². The Labute approximate surface area is 498 Å². The van der Waals surface area contributed by atoms with Crippen LogP contribution in [0.3, 0.4) is 0 Å². The number of amides is 1. The SMILES string of the molecule is CCN(CC)CCCOC(=O)OCC1CNC(=O)Oc2c(C)c(C)c3c(c2-c2c4c(c(C)c(C)c2OC(=O)OC1)O[C@](C)(CCC[C@H](C)CCC[C@H](C)CCCC(C)C)CC4)CC[C@@](C)(CCC[C@H](C)CCC[C@H](C)CCCC(C)C)O3. The molecule has 0 bridgehead atoms. The predicted octanol–water partition coefficient (Wildman–Crippen LogP) is 18.8. The van der Waals surface area contributed by atoms with E-state index < -0.39 is 35.5 Å². The monoisotopic (exact) mass is 1140 g/mol. The van der Waals surface area contributed by atoms with Crippen LogP contribution in [0.1, 0.15) is 251 Å². The van der Waals surface area contributed by atoms with Gasteiger partial charge >= 0.3 is 18.4 Å². The Morgan fingerprint density at radius 3 is 1.43 bits per heavy atom. The molecule has 1 N–H and O–H groups in total. The number of fused-ring (bicyclic) bond motifs is 7. The number of carbonyl (C=O) groups excluding carboxylic acids is 3. The zero-order valence-electron chi connectivity index (χ0n) is 54.8. The number of hydrogen-bond donors (Lipinski definition) is 1. The van der Waals surface area contributed by atoms with Crippen LogP contribution in [0, 0.1) is 69.1 Å². The molecule has 3 aliphatic heterocycles. The molecule has 12 heteroatoms. The molecular weight excluding hydrogens is 1030 g/mol. The van der Waals surface area contributed by atoms with Crippen molar-refractivity contribution in [2.24, 2.45) is 41.4 Å². The van der Waals surface area contributed by atoms with Crippen molar-refractivity contribution < 1.29 is 47.5 Å². The smallest absolute Gasteiger partial charge is 0.487 e. The van der Waals surface area contributed by atoms with Crippen LogP contribution in [0.25, 0.3) is 11.1 Å². The van der Waals surface area contributed by atoms with E-state index in [2.05, 4.69) is 100 Å². The van der Waals surface area contributed by atoms with Crippen LogP contribution in [0.15, 0.2) is 0 Å². The molecule has 0 aliphatic carbocycles. The third-order valence-corrected chi connectivity index (χ3v) is 18.9. The van der Waals surface area contributed by atoms with E-state index >= 15 is 0 Å². The van der Waals surface area contributed by atoms with E-state index in [-0.39, 0.29) is 26.4 Å². The minimum Gasteiger partial charge on any atom is -0.487 e. The van der Waals surface area contributed by atoms with Gasteiger partial charge in [0.25, 0.3) is 0 Å². The van der Waals surface area contributed by atoms with Crippen LogP contribution in [-0.2, 0) is 27.1 Å². The van der Waals surface area contributed by atoms with Gasteiger partial charge in [-0.05, 0) is 170 Å². The standard InChI is InChI=1S/C70H116N2O10/c1-17-72(18-2)42-25-43-76-67(74)77-45-57-44-71-66(73)79-64-55(13)53(11)62-58(36-40-69(15,81-62)38-23-34-51(9)32-21-30-49(7)28-19-26-47(3)4)60(64)61-59-37-41-70(16,82-63(59)54(12)56(14)65(61)80-68(75)78-46-57)39-24-35-52(10)33-22-31-50(8)29-20-27-48(5)6/h47-52,57H,17-46H2,1-16H3,(H,71,73)/t49-,50-,51-,52-,57?,69-,70-/m1/s1. The molecule has 1 unspecified atom stereocenters. The summed E-state index contributed by atoms with van der Waals surface area (Å²) < 4.78 is 44.4. The second kappa shape index (κ2) is 33.5. The van der Waals surface area contributed by atoms with Crippen LogP contribution in [0.5, 0.6) is 23.0 Å². The van der Waals surface area contributed by atoms with Crippen molar-refractivity contribution >= 4 is 18.4 Å². The molecular formula is C70H116N2O10. The molecule has 0 saturated heterocycles. The van der Waals surface area contributed by atoms with Gasteiger partial charge in [0.2, 0.25) is 0 Å². The maximum Gasteiger partial charge on any atom is 0.513 e. The van der Waals surface area contributed by atoms with E-state index in [4.69, 9.17) is 33.2 Å². The summed E-state index contributed by atoms with van der Waals surface area (Å²) in [7, 11) is 0. The molecule has 1 amide bonds. The predicted molar refractivity (Wildman–Crippen MR) is 334 cm³/mol. The average molecular weight is 1150 g/mol. The number of rotatable bonds is 32. The Balaban J connectivity index is 1.43. The average Bonchev–Trinajstić information content (AvgIpc) is 1.26. The van der Waals surface area contributed by atoms with Crippen molar-refractivity contribution in [3.05, 3.63) is 33.4 Å². The van der Waals surface area contributed by atoms with Crippen molar-refractivity contribution in [1.29, 1.82) is 0 Å². The highest BCUT2D eigenvalue weighted by Crippen LogP contribution is 2.56. The van der Waals surface area contributed by atoms with Crippen LogP contribution in [0.4, 0.5) is 14.4 Å². The molecule has 0 saturated carbocycles. The molecule has 466 valence electrons. The first kappa shape index (κ1) is 68.6. The number of cyclic esters (lactones) is 1. The number of benzene rings is 2. The Bertz CT molecular complexity index is 2180. The number of ether oxygens (including phenoxy) is 7. The minimum atomic E-state index is -0.899. The summed E-state index contributed by atoms with van der Waals surface area (Å²) in [5.74, 6) is 6.12. The van der Waals surface area contributed by atoms with Crippen molar-refractivity contribution in [1.82, 2.24) is 10.2 Å². The molecule has 3 heterocycles. The number of hydrogen-bond acceptors (Lipinski definition) is 11. The minimum absolute atomic E-state index is 0.0131. The second-order valence-corrected chi connectivity index (χ2v) is 27.4. The summed E-state index contributed by atoms with van der Waals surface area (Å²) in [5, 5.41) is 2.91. The molecule has 2 aromatic carbocycles. The molecule has 7 atom stereocenters. The summed E-state index contributed by atoms with van der Waals surface area (Å²) >= 11 is 0. The lowest BCUT2D eigenvalue weighted by Gasteiger charge is -2.41. The molecule has 82 heavy (non-hydrogen) atoms. The summed E-state index contributed by atoms with van der Waals surface area (Å²) in [5.41, 5.74) is 5.67. The molecule has 2 aromatic rings. The fraction of sp³-hybridized carbons (Fsp3) is 0.786. The van der Waals surface area contributed by atoms with Crippen LogP contribution >= 0.6 is 0 Å².